The van der Waals surface area contributed by atoms with Gasteiger partial charge in [0.05, 0.1) is 44.5 Å². The molecule has 0 radical (unpaired) electrons. The second-order valence-electron chi connectivity index (χ2n) is 8.29. The first-order valence-corrected chi connectivity index (χ1v) is 13.8. The van der Waals surface area contributed by atoms with Crippen molar-refractivity contribution in [2.24, 2.45) is 0 Å². The lowest BCUT2D eigenvalue weighted by Crippen LogP contribution is -2.31. The van der Waals surface area contributed by atoms with E-state index in [1.54, 1.807) is 45.5 Å². The highest BCUT2D eigenvalue weighted by molar-refractivity contribution is 7.26. The summed E-state index contributed by atoms with van der Waals surface area (Å²) in [6.07, 6.45) is 0. The maximum Gasteiger partial charge on any atom is 0.350 e. The SMILES string of the molecule is CCOC(=O)CN(Cc1ccc(OC)cc1OC)Cc1nc(-c2cc3ccccc3s2)sc1C(=O)OCC. The Balaban J connectivity index is 1.69. The highest BCUT2D eigenvalue weighted by atomic mass is 32.1. The molecule has 0 aliphatic carbocycles. The average Bonchev–Trinajstić information content (AvgIpc) is 3.53. The van der Waals surface area contributed by atoms with E-state index in [9.17, 15) is 9.59 Å². The van der Waals surface area contributed by atoms with Crippen LogP contribution in [0.5, 0.6) is 11.5 Å². The van der Waals surface area contributed by atoms with Gasteiger partial charge >= 0.3 is 11.9 Å². The molecule has 0 bridgehead atoms. The first-order valence-electron chi connectivity index (χ1n) is 12.2. The van der Waals surface area contributed by atoms with Crippen molar-refractivity contribution in [1.82, 2.24) is 9.88 Å². The number of benzene rings is 2. The number of methoxy groups -OCH3 is 2. The predicted molar refractivity (Wildman–Crippen MR) is 149 cm³/mol. The molecule has 0 aliphatic heterocycles. The van der Waals surface area contributed by atoms with Gasteiger partial charge in [0.1, 0.15) is 21.4 Å². The van der Waals surface area contributed by atoms with Gasteiger partial charge in [-0.3, -0.25) is 9.69 Å². The zero-order valence-corrected chi connectivity index (χ0v) is 23.4. The first kappa shape index (κ1) is 27.6. The number of carbonyl (C=O) groups is 2. The summed E-state index contributed by atoms with van der Waals surface area (Å²) in [5, 5.41) is 1.86. The minimum atomic E-state index is -0.425. The number of fused-ring (bicyclic) bond motifs is 1. The number of thiophene rings is 1. The van der Waals surface area contributed by atoms with Gasteiger partial charge in [-0.1, -0.05) is 24.3 Å². The van der Waals surface area contributed by atoms with Gasteiger partial charge in [-0.25, -0.2) is 9.78 Å². The molecule has 4 rings (SSSR count). The maximum absolute atomic E-state index is 12.9. The van der Waals surface area contributed by atoms with Crippen molar-refractivity contribution < 1.29 is 28.5 Å². The van der Waals surface area contributed by atoms with Crippen LogP contribution in [-0.4, -0.2) is 55.8 Å². The molecule has 2 aromatic heterocycles. The Morgan fingerprint density at radius 3 is 2.42 bits per heavy atom. The largest absolute Gasteiger partial charge is 0.497 e. The molecule has 0 spiro atoms. The molecule has 0 atom stereocenters. The van der Waals surface area contributed by atoms with Gasteiger partial charge in [0.25, 0.3) is 0 Å². The quantitative estimate of drug-likeness (QED) is 0.204. The normalized spacial score (nSPS) is 11.1. The summed E-state index contributed by atoms with van der Waals surface area (Å²) in [6, 6.07) is 15.7. The number of hydrogen-bond acceptors (Lipinski definition) is 10. The number of rotatable bonds is 12. The Hall–Kier alpha value is -3.47. The van der Waals surface area contributed by atoms with Gasteiger partial charge in [0.15, 0.2) is 0 Å². The topological polar surface area (TPSA) is 87.2 Å². The van der Waals surface area contributed by atoms with Crippen LogP contribution in [0.1, 0.15) is 34.8 Å². The average molecular weight is 555 g/mol. The number of hydrogen-bond donors (Lipinski definition) is 0. The van der Waals surface area contributed by atoms with Gasteiger partial charge in [0.2, 0.25) is 0 Å². The molecular formula is C28H30N2O6S2. The first-order chi connectivity index (χ1) is 18.4. The summed E-state index contributed by atoms with van der Waals surface area (Å²) < 4.78 is 22.6. The van der Waals surface area contributed by atoms with Crippen molar-refractivity contribution in [1.29, 1.82) is 0 Å². The van der Waals surface area contributed by atoms with Crippen LogP contribution in [0.2, 0.25) is 0 Å². The van der Waals surface area contributed by atoms with E-state index in [0.717, 1.165) is 25.5 Å². The zero-order valence-electron chi connectivity index (χ0n) is 21.8. The molecule has 0 unspecified atom stereocenters. The molecule has 2 heterocycles. The van der Waals surface area contributed by atoms with Crippen LogP contribution in [0.3, 0.4) is 0 Å². The van der Waals surface area contributed by atoms with Gasteiger partial charge < -0.3 is 18.9 Å². The van der Waals surface area contributed by atoms with Crippen molar-refractivity contribution in [2.45, 2.75) is 26.9 Å². The number of ether oxygens (including phenoxy) is 4. The maximum atomic E-state index is 12.9. The van der Waals surface area contributed by atoms with Crippen molar-refractivity contribution in [2.75, 3.05) is 34.0 Å². The second kappa shape index (κ2) is 12.9. The summed E-state index contributed by atoms with van der Waals surface area (Å²) in [7, 11) is 3.18. The van der Waals surface area contributed by atoms with Gasteiger partial charge in [0, 0.05) is 29.4 Å². The van der Waals surface area contributed by atoms with Crippen LogP contribution in [0.15, 0.2) is 48.5 Å². The molecule has 0 aliphatic rings. The summed E-state index contributed by atoms with van der Waals surface area (Å²) >= 11 is 2.93. The van der Waals surface area contributed by atoms with E-state index in [-0.39, 0.29) is 32.3 Å². The molecule has 200 valence electrons. The van der Waals surface area contributed by atoms with Gasteiger partial charge in [-0.05, 0) is 37.4 Å². The molecule has 0 saturated carbocycles. The minimum absolute atomic E-state index is 0.0149. The summed E-state index contributed by atoms with van der Waals surface area (Å²) in [6.45, 7) is 4.69. The van der Waals surface area contributed by atoms with Crippen LogP contribution in [0, 0.1) is 0 Å². The van der Waals surface area contributed by atoms with Crippen molar-refractivity contribution in [3.05, 3.63) is 64.7 Å². The summed E-state index contributed by atoms with van der Waals surface area (Å²) in [5.74, 6) is 0.510. The number of thiazole rings is 1. The van der Waals surface area contributed by atoms with E-state index in [2.05, 4.69) is 18.2 Å². The molecule has 2 aromatic carbocycles. The number of aromatic nitrogens is 1. The Kier molecular flexibility index (Phi) is 9.33. The highest BCUT2D eigenvalue weighted by Crippen LogP contribution is 2.37. The van der Waals surface area contributed by atoms with Crippen LogP contribution in [0.4, 0.5) is 0 Å². The highest BCUT2D eigenvalue weighted by Gasteiger charge is 2.25. The molecule has 0 fully saturated rings. The van der Waals surface area contributed by atoms with Crippen molar-refractivity contribution >= 4 is 44.7 Å². The molecule has 0 amide bonds. The smallest absolute Gasteiger partial charge is 0.350 e. The number of esters is 2. The van der Waals surface area contributed by atoms with Crippen LogP contribution in [-0.2, 0) is 27.4 Å². The Morgan fingerprint density at radius 1 is 0.921 bits per heavy atom. The third kappa shape index (κ3) is 6.50. The van der Waals surface area contributed by atoms with Gasteiger partial charge in [-0.15, -0.1) is 22.7 Å². The van der Waals surface area contributed by atoms with E-state index < -0.39 is 5.97 Å². The van der Waals surface area contributed by atoms with Crippen LogP contribution < -0.4 is 9.47 Å². The second-order valence-corrected chi connectivity index (χ2v) is 10.4. The van der Waals surface area contributed by atoms with Crippen LogP contribution >= 0.6 is 22.7 Å². The molecule has 8 nitrogen and oxygen atoms in total. The Bertz CT molecular complexity index is 1380. The van der Waals surface area contributed by atoms with Gasteiger partial charge in [-0.2, -0.15) is 0 Å². The number of nitrogens with zero attached hydrogens (tertiary/aromatic N) is 2. The minimum Gasteiger partial charge on any atom is -0.497 e. The molecule has 0 N–H and O–H groups in total. The van der Waals surface area contributed by atoms with E-state index in [0.29, 0.717) is 28.6 Å². The third-order valence-corrected chi connectivity index (χ3v) is 8.08. The van der Waals surface area contributed by atoms with E-state index >= 15 is 0 Å². The number of carbonyl (C=O) groups excluding carboxylic acids is 2. The predicted octanol–water partition coefficient (Wildman–Crippen LogP) is 5.78. The van der Waals surface area contributed by atoms with Crippen LogP contribution in [0.25, 0.3) is 20.0 Å². The fourth-order valence-electron chi connectivity index (χ4n) is 4.00. The lowest BCUT2D eigenvalue weighted by atomic mass is 10.1. The van der Waals surface area contributed by atoms with E-state index in [4.69, 9.17) is 23.9 Å². The molecule has 0 saturated heterocycles. The fourth-order valence-corrected chi connectivity index (χ4v) is 6.08. The van der Waals surface area contributed by atoms with E-state index in [1.807, 2.05) is 29.2 Å². The summed E-state index contributed by atoms with van der Waals surface area (Å²) in [5.41, 5.74) is 1.41. The lowest BCUT2D eigenvalue weighted by Gasteiger charge is -2.22. The Labute approximate surface area is 229 Å². The van der Waals surface area contributed by atoms with Crippen molar-refractivity contribution in [3.63, 3.8) is 0 Å². The third-order valence-electron chi connectivity index (χ3n) is 5.71. The molecular weight excluding hydrogens is 524 g/mol. The Morgan fingerprint density at radius 2 is 1.71 bits per heavy atom. The zero-order chi connectivity index (χ0) is 27.1. The molecule has 10 heteroatoms. The monoisotopic (exact) mass is 554 g/mol. The lowest BCUT2D eigenvalue weighted by molar-refractivity contribution is -0.144. The molecule has 4 aromatic rings. The van der Waals surface area contributed by atoms with E-state index in [1.165, 1.54) is 11.3 Å². The molecule has 38 heavy (non-hydrogen) atoms. The standard InChI is InChI=1S/C28H30N2O6S2/c1-5-35-25(31)17-30(15-19-11-12-20(33-3)14-22(19)34-4)16-21-26(28(32)36-6-2)38-27(29-21)24-13-18-9-7-8-10-23(18)37-24/h7-14H,5-6,15-17H2,1-4H3. The summed E-state index contributed by atoms with van der Waals surface area (Å²) in [4.78, 5) is 33.6. The fraction of sp³-hybridized carbons (Fsp3) is 0.321. The van der Waals surface area contributed by atoms with Crippen molar-refractivity contribution in [3.8, 4) is 21.4 Å².